The Morgan fingerprint density at radius 3 is 2.85 bits per heavy atom. The first-order valence-electron chi connectivity index (χ1n) is 5.70. The van der Waals surface area contributed by atoms with Crippen molar-refractivity contribution in [2.45, 2.75) is 13.1 Å². The summed E-state index contributed by atoms with van der Waals surface area (Å²) in [6.45, 7) is -0.100. The Kier molecular flexibility index (Phi) is 3.94. The van der Waals surface area contributed by atoms with Gasteiger partial charge in [-0.15, -0.1) is 0 Å². The summed E-state index contributed by atoms with van der Waals surface area (Å²) in [7, 11) is 0. The van der Waals surface area contributed by atoms with Gasteiger partial charge in [-0.05, 0) is 12.1 Å². The van der Waals surface area contributed by atoms with Crippen LogP contribution in [0.2, 0.25) is 0 Å². The molecule has 0 radical (unpaired) electrons. The number of furan rings is 1. The molecule has 0 aliphatic carbocycles. The molecule has 0 aliphatic heterocycles. The molecule has 0 aliphatic rings. The highest BCUT2D eigenvalue weighted by Gasteiger charge is 2.10. The van der Waals surface area contributed by atoms with E-state index in [0.29, 0.717) is 5.76 Å². The summed E-state index contributed by atoms with van der Waals surface area (Å²) in [6, 6.07) is 5.53. The second-order valence-electron chi connectivity index (χ2n) is 3.97. The molecule has 2 aromatic rings. The Bertz CT molecular complexity index is 675. The first-order valence-corrected chi connectivity index (χ1v) is 5.70. The van der Waals surface area contributed by atoms with Crippen molar-refractivity contribution in [3.63, 3.8) is 0 Å². The molecule has 1 N–H and O–H groups in total. The van der Waals surface area contributed by atoms with E-state index in [-0.39, 0.29) is 18.8 Å². The highest BCUT2D eigenvalue weighted by molar-refractivity contribution is 5.75. The number of nitrogens with one attached hydrogen (secondary N) is 1. The minimum Gasteiger partial charge on any atom is -0.467 e. The van der Waals surface area contributed by atoms with Gasteiger partial charge in [0.15, 0.2) is 0 Å². The minimum atomic E-state index is -0.628. The van der Waals surface area contributed by atoms with Gasteiger partial charge in [-0.1, -0.05) is 0 Å². The number of nitro groups is 1. The van der Waals surface area contributed by atoms with Crippen LogP contribution in [0, 0.1) is 10.1 Å². The maximum absolute atomic E-state index is 11.7. The zero-order chi connectivity index (χ0) is 14.5. The summed E-state index contributed by atoms with van der Waals surface area (Å²) < 4.78 is 6.02. The number of hydrogen-bond acceptors (Lipinski definition) is 5. The van der Waals surface area contributed by atoms with Gasteiger partial charge >= 0.3 is 0 Å². The molecule has 0 fully saturated rings. The fourth-order valence-electron chi connectivity index (χ4n) is 1.56. The van der Waals surface area contributed by atoms with Crippen molar-refractivity contribution >= 4 is 11.6 Å². The molecule has 1 amide bonds. The van der Waals surface area contributed by atoms with Crippen LogP contribution in [0.4, 0.5) is 5.69 Å². The van der Waals surface area contributed by atoms with Crippen molar-refractivity contribution in [1.82, 2.24) is 9.88 Å². The third-order valence-corrected chi connectivity index (χ3v) is 2.53. The topological polar surface area (TPSA) is 107 Å². The Balaban J connectivity index is 2.02. The van der Waals surface area contributed by atoms with E-state index < -0.39 is 16.4 Å². The lowest BCUT2D eigenvalue weighted by Crippen LogP contribution is -2.31. The smallest absolute Gasteiger partial charge is 0.285 e. The van der Waals surface area contributed by atoms with Gasteiger partial charge in [-0.25, -0.2) is 0 Å². The van der Waals surface area contributed by atoms with Crippen LogP contribution in [0.25, 0.3) is 0 Å². The van der Waals surface area contributed by atoms with Crippen molar-refractivity contribution in [3.05, 3.63) is 63.0 Å². The number of carbonyl (C=O) groups is 1. The van der Waals surface area contributed by atoms with E-state index in [9.17, 15) is 19.7 Å². The molecule has 2 heterocycles. The maximum Gasteiger partial charge on any atom is 0.285 e. The Morgan fingerprint density at radius 1 is 1.40 bits per heavy atom. The second kappa shape index (κ2) is 5.83. The third-order valence-electron chi connectivity index (χ3n) is 2.53. The number of pyridine rings is 1. The van der Waals surface area contributed by atoms with Crippen LogP contribution >= 0.6 is 0 Å². The fourth-order valence-corrected chi connectivity index (χ4v) is 1.56. The van der Waals surface area contributed by atoms with E-state index >= 15 is 0 Å². The molecule has 8 nitrogen and oxygen atoms in total. The molecule has 0 atom stereocenters. The highest BCUT2D eigenvalue weighted by atomic mass is 16.6. The molecule has 20 heavy (non-hydrogen) atoms. The summed E-state index contributed by atoms with van der Waals surface area (Å²) in [5, 5.41) is 13.2. The Labute approximate surface area is 112 Å². The largest absolute Gasteiger partial charge is 0.467 e. The van der Waals surface area contributed by atoms with Crippen molar-refractivity contribution in [2.24, 2.45) is 0 Å². The number of amides is 1. The first-order chi connectivity index (χ1) is 9.56. The van der Waals surface area contributed by atoms with E-state index in [4.69, 9.17) is 4.42 Å². The van der Waals surface area contributed by atoms with Gasteiger partial charge < -0.3 is 9.73 Å². The number of nitrogens with zero attached hydrogens (tertiary/aromatic N) is 2. The molecular formula is C12H11N3O5. The lowest BCUT2D eigenvalue weighted by molar-refractivity contribution is -0.385. The van der Waals surface area contributed by atoms with Crippen LogP contribution in [-0.2, 0) is 17.9 Å². The van der Waals surface area contributed by atoms with Crippen molar-refractivity contribution in [3.8, 4) is 0 Å². The Hall–Kier alpha value is -2.90. The van der Waals surface area contributed by atoms with Crippen LogP contribution in [0.5, 0.6) is 0 Å². The van der Waals surface area contributed by atoms with Gasteiger partial charge in [0.05, 0.1) is 23.9 Å². The molecule has 0 aromatic carbocycles. The summed E-state index contributed by atoms with van der Waals surface area (Å²) in [5.74, 6) is 0.133. The first kappa shape index (κ1) is 13.5. The quantitative estimate of drug-likeness (QED) is 0.638. The van der Waals surface area contributed by atoms with E-state index in [0.717, 1.165) is 22.9 Å². The van der Waals surface area contributed by atoms with E-state index in [1.807, 2.05) is 0 Å². The maximum atomic E-state index is 11.7. The normalized spacial score (nSPS) is 10.2. The highest BCUT2D eigenvalue weighted by Crippen LogP contribution is 2.06. The van der Waals surface area contributed by atoms with Gasteiger partial charge in [0.1, 0.15) is 12.3 Å². The molecule has 0 saturated carbocycles. The average Bonchev–Trinajstić information content (AvgIpc) is 2.92. The van der Waals surface area contributed by atoms with Gasteiger partial charge in [0.25, 0.3) is 11.2 Å². The SMILES string of the molecule is O=C(Cn1cc([N+](=O)[O-])ccc1=O)NCc1ccco1. The zero-order valence-corrected chi connectivity index (χ0v) is 10.3. The summed E-state index contributed by atoms with van der Waals surface area (Å²) in [5.41, 5.74) is -0.729. The van der Waals surface area contributed by atoms with E-state index in [1.54, 1.807) is 12.1 Å². The molecule has 2 rings (SSSR count). The average molecular weight is 277 g/mol. The van der Waals surface area contributed by atoms with Gasteiger partial charge in [0, 0.05) is 12.1 Å². The van der Waals surface area contributed by atoms with Gasteiger partial charge in [-0.3, -0.25) is 24.3 Å². The zero-order valence-electron chi connectivity index (χ0n) is 10.3. The summed E-state index contributed by atoms with van der Waals surface area (Å²) in [4.78, 5) is 33.1. The molecule has 104 valence electrons. The molecule has 2 aromatic heterocycles. The van der Waals surface area contributed by atoms with Crippen molar-refractivity contribution in [1.29, 1.82) is 0 Å². The summed E-state index contributed by atoms with van der Waals surface area (Å²) in [6.07, 6.45) is 2.52. The number of hydrogen-bond donors (Lipinski definition) is 1. The van der Waals surface area contributed by atoms with Crippen molar-refractivity contribution < 1.29 is 14.1 Å². The lowest BCUT2D eigenvalue weighted by Gasteiger charge is -2.05. The molecule has 0 bridgehead atoms. The molecule has 0 saturated heterocycles. The van der Waals surface area contributed by atoms with Crippen LogP contribution < -0.4 is 10.9 Å². The standard InChI is InChI=1S/C12H11N3O5/c16-11(13-6-10-2-1-5-20-10)8-14-7-9(15(18)19)3-4-12(14)17/h1-5,7H,6,8H2,(H,13,16). The number of rotatable bonds is 5. The fraction of sp³-hybridized carbons (Fsp3) is 0.167. The monoisotopic (exact) mass is 277 g/mol. The lowest BCUT2D eigenvalue weighted by atomic mass is 10.4. The molecule has 0 unspecified atom stereocenters. The predicted octanol–water partition coefficient (Wildman–Crippen LogP) is 0.666. The van der Waals surface area contributed by atoms with Crippen LogP contribution in [0.1, 0.15) is 5.76 Å². The molecule has 0 spiro atoms. The van der Waals surface area contributed by atoms with Crippen LogP contribution in [-0.4, -0.2) is 15.4 Å². The van der Waals surface area contributed by atoms with Gasteiger partial charge in [0.2, 0.25) is 5.91 Å². The van der Waals surface area contributed by atoms with Crippen LogP contribution in [0.15, 0.2) is 45.9 Å². The van der Waals surface area contributed by atoms with Gasteiger partial charge in [-0.2, -0.15) is 0 Å². The van der Waals surface area contributed by atoms with Crippen molar-refractivity contribution in [2.75, 3.05) is 0 Å². The third kappa shape index (κ3) is 3.31. The molecular weight excluding hydrogens is 266 g/mol. The number of aromatic nitrogens is 1. The minimum absolute atomic E-state index is 0.190. The Morgan fingerprint density at radius 2 is 2.20 bits per heavy atom. The molecule has 8 heteroatoms. The van der Waals surface area contributed by atoms with E-state index in [2.05, 4.69) is 5.32 Å². The predicted molar refractivity (Wildman–Crippen MR) is 67.9 cm³/mol. The van der Waals surface area contributed by atoms with E-state index in [1.165, 1.54) is 6.26 Å². The van der Waals surface area contributed by atoms with Crippen LogP contribution in [0.3, 0.4) is 0 Å². The number of carbonyl (C=O) groups excluding carboxylic acids is 1. The second-order valence-corrected chi connectivity index (χ2v) is 3.97. The summed E-state index contributed by atoms with van der Waals surface area (Å²) >= 11 is 0.